The average molecular weight is 385 g/mol. The van der Waals surface area contributed by atoms with Crippen molar-refractivity contribution in [3.63, 3.8) is 0 Å². The Hall–Kier alpha value is -1.43. The molecule has 3 rings (SSSR count). The van der Waals surface area contributed by atoms with Gasteiger partial charge in [-0.3, -0.25) is 4.79 Å². The first-order valence-corrected chi connectivity index (χ1v) is 10.1. The molecule has 0 unspecified atom stereocenters. The number of nitrogens with one attached hydrogen (secondary N) is 1. The summed E-state index contributed by atoms with van der Waals surface area (Å²) in [5.74, 6) is -0.398. The molecule has 7 nitrogen and oxygen atoms in total. The minimum Gasteiger partial charge on any atom is -0.544 e. The molecule has 0 aromatic carbocycles. The number of aryl methyl sites for hydroxylation is 1. The first-order valence-electron chi connectivity index (χ1n) is 6.23. The van der Waals surface area contributed by atoms with Gasteiger partial charge in [-0.1, -0.05) is 34.9 Å². The lowest BCUT2D eigenvalue weighted by Gasteiger charge is -1.99. The van der Waals surface area contributed by atoms with Gasteiger partial charge < -0.3 is 14.9 Å². The van der Waals surface area contributed by atoms with Crippen LogP contribution >= 0.6 is 46.2 Å². The van der Waals surface area contributed by atoms with Crippen LogP contribution in [-0.4, -0.2) is 32.4 Å². The van der Waals surface area contributed by atoms with Crippen molar-refractivity contribution in [3.05, 3.63) is 26.6 Å². The van der Waals surface area contributed by atoms with Crippen LogP contribution in [0.2, 0.25) is 0 Å². The molecular formula is C12H9N4O3S4-. The second-order valence-electron chi connectivity index (χ2n) is 4.36. The maximum absolute atomic E-state index is 12.2. The van der Waals surface area contributed by atoms with E-state index < -0.39 is 5.97 Å². The summed E-state index contributed by atoms with van der Waals surface area (Å²) >= 11 is 5.37. The van der Waals surface area contributed by atoms with Gasteiger partial charge in [0, 0.05) is 0 Å². The van der Waals surface area contributed by atoms with Crippen LogP contribution in [0.3, 0.4) is 0 Å². The number of nitrogens with zero attached hydrogens (tertiary/aromatic N) is 3. The lowest BCUT2D eigenvalue weighted by molar-refractivity contribution is -0.254. The molecule has 3 aromatic heterocycles. The van der Waals surface area contributed by atoms with Gasteiger partial charge in [-0.25, -0.2) is 4.98 Å². The Morgan fingerprint density at radius 3 is 2.70 bits per heavy atom. The number of thioether (sulfide) groups is 2. The third-order valence-corrected chi connectivity index (χ3v) is 7.14. The van der Waals surface area contributed by atoms with E-state index in [0.29, 0.717) is 27.4 Å². The smallest absolute Gasteiger partial charge is 0.259 e. The Morgan fingerprint density at radius 1 is 1.30 bits per heavy atom. The van der Waals surface area contributed by atoms with Crippen LogP contribution in [0, 0.1) is 6.92 Å². The van der Waals surface area contributed by atoms with E-state index in [1.165, 1.54) is 34.9 Å². The van der Waals surface area contributed by atoms with Crippen LogP contribution < -0.4 is 10.7 Å². The molecule has 0 aliphatic rings. The van der Waals surface area contributed by atoms with Crippen molar-refractivity contribution < 1.29 is 9.90 Å². The van der Waals surface area contributed by atoms with E-state index in [-0.39, 0.29) is 10.4 Å². The second kappa shape index (κ2) is 6.59. The number of hydrogen-bond donors (Lipinski definition) is 1. The summed E-state index contributed by atoms with van der Waals surface area (Å²) in [6.07, 6.45) is 1.93. The molecule has 1 N–H and O–H groups in total. The molecule has 3 heterocycles. The van der Waals surface area contributed by atoms with Crippen LogP contribution in [0.25, 0.3) is 10.2 Å². The number of aromatic carboxylic acids is 1. The number of rotatable bonds is 5. The SMILES string of the molecule is CSc1nnc(SCc2nc3sc(C(=O)[O-])c(C)c3c(=O)[nH]2)s1. The molecule has 0 aliphatic carbocycles. The first kappa shape index (κ1) is 16.4. The van der Waals surface area contributed by atoms with Gasteiger partial charge in [0.15, 0.2) is 8.68 Å². The van der Waals surface area contributed by atoms with Crippen LogP contribution in [-0.2, 0) is 5.75 Å². The number of carboxylic acid groups (broad SMARTS) is 1. The van der Waals surface area contributed by atoms with Gasteiger partial charge >= 0.3 is 0 Å². The predicted molar refractivity (Wildman–Crippen MR) is 90.6 cm³/mol. The highest BCUT2D eigenvalue weighted by molar-refractivity contribution is 8.02. The van der Waals surface area contributed by atoms with Crippen LogP contribution in [0.15, 0.2) is 13.5 Å². The molecule has 0 amide bonds. The average Bonchev–Trinajstić information content (AvgIpc) is 3.10. The molecule has 0 saturated carbocycles. The molecule has 0 saturated heterocycles. The monoisotopic (exact) mass is 385 g/mol. The highest BCUT2D eigenvalue weighted by Gasteiger charge is 2.15. The minimum atomic E-state index is -1.29. The van der Waals surface area contributed by atoms with Crippen molar-refractivity contribution in [2.24, 2.45) is 0 Å². The largest absolute Gasteiger partial charge is 0.544 e. The van der Waals surface area contributed by atoms with Gasteiger partial charge in [0.25, 0.3) is 5.56 Å². The fourth-order valence-electron chi connectivity index (χ4n) is 1.92. The van der Waals surface area contributed by atoms with E-state index in [1.807, 2.05) is 6.26 Å². The molecule has 0 radical (unpaired) electrons. The number of H-pyrrole nitrogens is 1. The molecule has 3 aromatic rings. The first-order chi connectivity index (χ1) is 11.0. The summed E-state index contributed by atoms with van der Waals surface area (Å²) in [4.78, 5) is 30.7. The molecule has 0 atom stereocenters. The standard InChI is InChI=1S/C12H10N4O3S4/c1-4-6-8(17)13-5(14-9(6)22-7(4)10(18)19)3-21-12-16-15-11(20-2)23-12/h3H2,1-2H3,(H,18,19)(H,13,14,17)/p-1. The Kier molecular flexibility index (Phi) is 4.71. The van der Waals surface area contributed by atoms with E-state index >= 15 is 0 Å². The minimum absolute atomic E-state index is 0.0385. The Morgan fingerprint density at radius 2 is 2.04 bits per heavy atom. The van der Waals surface area contributed by atoms with E-state index in [2.05, 4.69) is 20.2 Å². The van der Waals surface area contributed by atoms with Crippen molar-refractivity contribution in [2.75, 3.05) is 6.26 Å². The van der Waals surface area contributed by atoms with Gasteiger partial charge in [0.05, 0.1) is 22.0 Å². The fraction of sp³-hybridized carbons (Fsp3) is 0.250. The molecule has 0 bridgehead atoms. The Labute approximate surface area is 146 Å². The summed E-state index contributed by atoms with van der Waals surface area (Å²) in [6, 6.07) is 0. The maximum atomic E-state index is 12.2. The summed E-state index contributed by atoms with van der Waals surface area (Å²) in [6.45, 7) is 1.58. The van der Waals surface area contributed by atoms with E-state index in [4.69, 9.17) is 0 Å². The van der Waals surface area contributed by atoms with Gasteiger partial charge in [0.1, 0.15) is 10.7 Å². The number of carbonyl (C=O) groups excluding carboxylic acids is 1. The number of carboxylic acids is 1. The zero-order valence-corrected chi connectivity index (χ0v) is 15.2. The zero-order valence-electron chi connectivity index (χ0n) is 11.9. The Balaban J connectivity index is 1.90. The van der Waals surface area contributed by atoms with Crippen LogP contribution in [0.5, 0.6) is 0 Å². The van der Waals surface area contributed by atoms with Gasteiger partial charge in [-0.15, -0.1) is 21.5 Å². The van der Waals surface area contributed by atoms with Crippen molar-refractivity contribution in [3.8, 4) is 0 Å². The van der Waals surface area contributed by atoms with E-state index in [0.717, 1.165) is 20.0 Å². The quantitative estimate of drug-likeness (QED) is 0.658. The number of carbonyl (C=O) groups is 1. The number of aromatic amines is 1. The molecule has 23 heavy (non-hydrogen) atoms. The van der Waals surface area contributed by atoms with Gasteiger partial charge in [-0.2, -0.15) is 0 Å². The van der Waals surface area contributed by atoms with E-state index in [9.17, 15) is 14.7 Å². The summed E-state index contributed by atoms with van der Waals surface area (Å²) in [5.41, 5.74) is 0.0561. The topological polar surface area (TPSA) is 112 Å². The van der Waals surface area contributed by atoms with Gasteiger partial charge in [-0.05, 0) is 18.7 Å². The third kappa shape index (κ3) is 3.27. The highest BCUT2D eigenvalue weighted by atomic mass is 32.2. The van der Waals surface area contributed by atoms with Crippen molar-refractivity contribution >= 4 is 62.4 Å². The lowest BCUT2D eigenvalue weighted by Crippen LogP contribution is -2.21. The third-order valence-electron chi connectivity index (χ3n) is 2.93. The van der Waals surface area contributed by atoms with E-state index in [1.54, 1.807) is 6.92 Å². The Bertz CT molecular complexity index is 946. The van der Waals surface area contributed by atoms with Crippen LogP contribution in [0.1, 0.15) is 21.1 Å². The summed E-state index contributed by atoms with van der Waals surface area (Å²) in [5, 5.41) is 19.4. The molecule has 0 spiro atoms. The second-order valence-corrected chi connectivity index (χ2v) is 8.62. The zero-order chi connectivity index (χ0) is 16.6. The highest BCUT2D eigenvalue weighted by Crippen LogP contribution is 2.30. The lowest BCUT2D eigenvalue weighted by atomic mass is 10.2. The van der Waals surface area contributed by atoms with Crippen LogP contribution in [0.4, 0.5) is 0 Å². The number of thiophene rings is 1. The summed E-state index contributed by atoms with van der Waals surface area (Å²) < 4.78 is 1.66. The summed E-state index contributed by atoms with van der Waals surface area (Å²) in [7, 11) is 0. The predicted octanol–water partition coefficient (Wildman–Crippen LogP) is 1.52. The van der Waals surface area contributed by atoms with Crippen molar-refractivity contribution in [1.29, 1.82) is 0 Å². The maximum Gasteiger partial charge on any atom is 0.259 e. The van der Waals surface area contributed by atoms with Crippen molar-refractivity contribution in [2.45, 2.75) is 21.4 Å². The normalized spacial score (nSPS) is 11.2. The number of fused-ring (bicyclic) bond motifs is 1. The molecular weight excluding hydrogens is 376 g/mol. The fourth-order valence-corrected chi connectivity index (χ4v) is 5.26. The molecule has 0 fully saturated rings. The van der Waals surface area contributed by atoms with Crippen molar-refractivity contribution in [1.82, 2.24) is 20.2 Å². The number of aromatic nitrogens is 4. The molecule has 11 heteroatoms. The molecule has 120 valence electrons. The van der Waals surface area contributed by atoms with Gasteiger partial charge in [0.2, 0.25) is 0 Å². The molecule has 0 aliphatic heterocycles. The number of hydrogen-bond acceptors (Lipinski definition) is 10.